The lowest BCUT2D eigenvalue weighted by Gasteiger charge is -2.39. The molecule has 128 valence electrons. The van der Waals surface area contributed by atoms with Gasteiger partial charge in [-0.25, -0.2) is 4.98 Å². The van der Waals surface area contributed by atoms with E-state index in [1.807, 2.05) is 29.8 Å². The number of aromatic nitrogens is 1. The standard InChI is InChI=1S/C17H22N4O2S/c1-13-10-20(6-7-21(13)17-19-5-8-24-17)11-14-3-2-4-15(9-14)23-12-16(18)22/h2-5,8-9,13H,6-7,10-12H2,1H3,(H2,18,22)/t13-/m0/s1. The maximum absolute atomic E-state index is 10.8. The predicted molar refractivity (Wildman–Crippen MR) is 95.3 cm³/mol. The van der Waals surface area contributed by atoms with Crippen molar-refractivity contribution >= 4 is 22.4 Å². The summed E-state index contributed by atoms with van der Waals surface area (Å²) in [7, 11) is 0. The fourth-order valence-electron chi connectivity index (χ4n) is 2.96. The number of ether oxygens (including phenoxy) is 1. The molecule has 1 atom stereocenters. The van der Waals surface area contributed by atoms with E-state index in [2.05, 4.69) is 27.8 Å². The Bertz CT molecular complexity index is 677. The monoisotopic (exact) mass is 346 g/mol. The summed E-state index contributed by atoms with van der Waals surface area (Å²) in [6, 6.07) is 8.27. The lowest BCUT2D eigenvalue weighted by atomic mass is 10.1. The minimum atomic E-state index is -0.465. The van der Waals surface area contributed by atoms with Gasteiger partial charge in [0.2, 0.25) is 0 Å². The molecule has 1 aromatic heterocycles. The zero-order valence-electron chi connectivity index (χ0n) is 13.7. The van der Waals surface area contributed by atoms with E-state index in [0.717, 1.165) is 31.3 Å². The third-order valence-electron chi connectivity index (χ3n) is 4.06. The second-order valence-electron chi connectivity index (χ2n) is 5.99. The van der Waals surface area contributed by atoms with Crippen LogP contribution >= 0.6 is 11.3 Å². The predicted octanol–water partition coefficient (Wildman–Crippen LogP) is 1.72. The average molecular weight is 346 g/mol. The molecule has 1 aliphatic rings. The number of carbonyl (C=O) groups is 1. The summed E-state index contributed by atoms with van der Waals surface area (Å²) in [6.07, 6.45) is 1.86. The van der Waals surface area contributed by atoms with E-state index in [4.69, 9.17) is 10.5 Å². The Kier molecular flexibility index (Phi) is 5.32. The molecular formula is C17H22N4O2S. The number of piperazine rings is 1. The van der Waals surface area contributed by atoms with Crippen LogP contribution in [0.15, 0.2) is 35.8 Å². The Morgan fingerprint density at radius 3 is 3.04 bits per heavy atom. The second kappa shape index (κ2) is 7.63. The van der Waals surface area contributed by atoms with Crippen LogP contribution in [0.2, 0.25) is 0 Å². The van der Waals surface area contributed by atoms with Crippen molar-refractivity contribution in [2.45, 2.75) is 19.5 Å². The number of hydrogen-bond acceptors (Lipinski definition) is 6. The van der Waals surface area contributed by atoms with Gasteiger partial charge in [0.1, 0.15) is 5.75 Å². The molecule has 0 bridgehead atoms. The number of amides is 1. The highest BCUT2D eigenvalue weighted by Crippen LogP contribution is 2.24. The van der Waals surface area contributed by atoms with Crippen molar-refractivity contribution in [3.8, 4) is 5.75 Å². The second-order valence-corrected chi connectivity index (χ2v) is 6.87. The summed E-state index contributed by atoms with van der Waals surface area (Å²) < 4.78 is 5.38. The zero-order chi connectivity index (χ0) is 16.9. The van der Waals surface area contributed by atoms with Gasteiger partial charge < -0.3 is 15.4 Å². The van der Waals surface area contributed by atoms with Crippen molar-refractivity contribution in [3.63, 3.8) is 0 Å². The third-order valence-corrected chi connectivity index (χ3v) is 4.87. The van der Waals surface area contributed by atoms with E-state index in [1.54, 1.807) is 11.3 Å². The van der Waals surface area contributed by atoms with Crippen LogP contribution in [-0.2, 0) is 11.3 Å². The summed E-state index contributed by atoms with van der Waals surface area (Å²) in [5, 5.41) is 3.12. The number of benzene rings is 1. The average Bonchev–Trinajstić information content (AvgIpc) is 3.08. The first-order valence-corrected chi connectivity index (χ1v) is 8.88. The van der Waals surface area contributed by atoms with Gasteiger partial charge in [-0.2, -0.15) is 0 Å². The molecule has 1 amide bonds. The van der Waals surface area contributed by atoms with Crippen LogP contribution < -0.4 is 15.4 Å². The van der Waals surface area contributed by atoms with Crippen LogP contribution in [0.25, 0.3) is 0 Å². The van der Waals surface area contributed by atoms with E-state index in [-0.39, 0.29) is 6.61 Å². The van der Waals surface area contributed by atoms with E-state index in [1.165, 1.54) is 5.56 Å². The molecule has 2 aromatic rings. The maximum atomic E-state index is 10.8. The molecule has 6 nitrogen and oxygen atoms in total. The Morgan fingerprint density at radius 2 is 2.33 bits per heavy atom. The van der Waals surface area contributed by atoms with Gasteiger partial charge >= 0.3 is 0 Å². The minimum absolute atomic E-state index is 0.0903. The van der Waals surface area contributed by atoms with E-state index < -0.39 is 5.91 Å². The van der Waals surface area contributed by atoms with Crippen molar-refractivity contribution in [2.75, 3.05) is 31.1 Å². The lowest BCUT2D eigenvalue weighted by molar-refractivity contribution is -0.119. The molecule has 7 heteroatoms. The van der Waals surface area contributed by atoms with Gasteiger partial charge in [-0.05, 0) is 24.6 Å². The van der Waals surface area contributed by atoms with Crippen LogP contribution in [0.5, 0.6) is 5.75 Å². The molecule has 0 saturated carbocycles. The van der Waals surface area contributed by atoms with Crippen molar-refractivity contribution in [3.05, 3.63) is 41.4 Å². The highest BCUT2D eigenvalue weighted by molar-refractivity contribution is 7.13. The first-order chi connectivity index (χ1) is 11.6. The molecule has 0 aliphatic carbocycles. The van der Waals surface area contributed by atoms with Gasteiger partial charge in [-0.3, -0.25) is 9.69 Å². The van der Waals surface area contributed by atoms with Crippen LogP contribution in [0, 0.1) is 0 Å². The first-order valence-electron chi connectivity index (χ1n) is 8.00. The molecule has 0 spiro atoms. The Labute approximate surface area is 145 Å². The molecule has 2 heterocycles. The number of nitrogens with two attached hydrogens (primary N) is 1. The molecule has 2 N–H and O–H groups in total. The molecule has 24 heavy (non-hydrogen) atoms. The smallest absolute Gasteiger partial charge is 0.255 e. The quantitative estimate of drug-likeness (QED) is 0.862. The summed E-state index contributed by atoms with van der Waals surface area (Å²) in [4.78, 5) is 20.0. The Balaban J connectivity index is 1.57. The van der Waals surface area contributed by atoms with E-state index >= 15 is 0 Å². The van der Waals surface area contributed by atoms with Crippen LogP contribution in [0.1, 0.15) is 12.5 Å². The molecule has 0 unspecified atom stereocenters. The third kappa shape index (κ3) is 4.24. The molecule has 1 aromatic carbocycles. The van der Waals surface area contributed by atoms with Gasteiger partial charge in [0.25, 0.3) is 5.91 Å². The molecule has 3 rings (SSSR count). The van der Waals surface area contributed by atoms with Crippen molar-refractivity contribution in [2.24, 2.45) is 5.73 Å². The largest absolute Gasteiger partial charge is 0.484 e. The maximum Gasteiger partial charge on any atom is 0.255 e. The number of anilines is 1. The molecule has 1 aliphatic heterocycles. The zero-order valence-corrected chi connectivity index (χ0v) is 14.5. The Hall–Kier alpha value is -2.12. The minimum Gasteiger partial charge on any atom is -0.484 e. The van der Waals surface area contributed by atoms with E-state index in [9.17, 15) is 4.79 Å². The van der Waals surface area contributed by atoms with Crippen molar-refractivity contribution in [1.82, 2.24) is 9.88 Å². The van der Waals surface area contributed by atoms with Gasteiger partial charge in [0.05, 0.1) is 0 Å². The number of thiazole rings is 1. The van der Waals surface area contributed by atoms with Crippen LogP contribution in [-0.4, -0.2) is 48.1 Å². The lowest BCUT2D eigenvalue weighted by Crippen LogP contribution is -2.51. The van der Waals surface area contributed by atoms with Gasteiger partial charge in [0.15, 0.2) is 11.7 Å². The normalized spacial score (nSPS) is 18.5. The number of rotatable bonds is 6. The van der Waals surface area contributed by atoms with Crippen molar-refractivity contribution in [1.29, 1.82) is 0 Å². The highest BCUT2D eigenvalue weighted by atomic mass is 32.1. The van der Waals surface area contributed by atoms with Crippen LogP contribution in [0.4, 0.5) is 5.13 Å². The fraction of sp³-hybridized carbons (Fsp3) is 0.412. The number of primary amides is 1. The topological polar surface area (TPSA) is 71.7 Å². The molecule has 1 saturated heterocycles. The Morgan fingerprint density at radius 1 is 1.46 bits per heavy atom. The summed E-state index contributed by atoms with van der Waals surface area (Å²) >= 11 is 1.69. The molecule has 1 fully saturated rings. The van der Waals surface area contributed by atoms with Gasteiger partial charge in [-0.15, -0.1) is 11.3 Å². The number of carbonyl (C=O) groups excluding carboxylic acids is 1. The highest BCUT2D eigenvalue weighted by Gasteiger charge is 2.25. The first kappa shape index (κ1) is 16.7. The SMILES string of the molecule is C[C@H]1CN(Cc2cccc(OCC(N)=O)c2)CCN1c1nccs1. The number of hydrogen-bond donors (Lipinski definition) is 1. The molecular weight excluding hydrogens is 324 g/mol. The summed E-state index contributed by atoms with van der Waals surface area (Å²) in [5.41, 5.74) is 6.29. The van der Waals surface area contributed by atoms with Crippen molar-refractivity contribution < 1.29 is 9.53 Å². The number of nitrogens with zero attached hydrogens (tertiary/aromatic N) is 3. The molecule has 0 radical (unpaired) electrons. The van der Waals surface area contributed by atoms with Crippen LogP contribution in [0.3, 0.4) is 0 Å². The summed E-state index contributed by atoms with van der Waals surface area (Å²) in [6.45, 7) is 5.98. The fourth-order valence-corrected chi connectivity index (χ4v) is 3.74. The van der Waals surface area contributed by atoms with Gasteiger partial charge in [-0.1, -0.05) is 12.1 Å². The summed E-state index contributed by atoms with van der Waals surface area (Å²) in [5.74, 6) is 0.216. The van der Waals surface area contributed by atoms with E-state index in [0.29, 0.717) is 11.8 Å². The van der Waals surface area contributed by atoms with Gasteiger partial charge in [0, 0.05) is 43.8 Å².